The molecule has 0 heterocycles. The first-order valence-electron chi connectivity index (χ1n) is 9.47. The lowest BCUT2D eigenvalue weighted by molar-refractivity contribution is -0.384. The Kier molecular flexibility index (Phi) is 5.97. The summed E-state index contributed by atoms with van der Waals surface area (Å²) in [5, 5.41) is 20.7. The summed E-state index contributed by atoms with van der Waals surface area (Å²) < 4.78 is 4.66. The van der Waals surface area contributed by atoms with Crippen molar-refractivity contribution < 1.29 is 4.92 Å². The van der Waals surface area contributed by atoms with E-state index in [1.165, 1.54) is 24.1 Å². The topological polar surface area (TPSA) is 81.0 Å². The summed E-state index contributed by atoms with van der Waals surface area (Å²) in [4.78, 5) is 11.2. The third-order valence-corrected chi connectivity index (χ3v) is 5.47. The molecule has 4 rings (SSSR count). The van der Waals surface area contributed by atoms with Gasteiger partial charge in [-0.05, 0) is 41.0 Å². The number of nitrogens with zero attached hydrogens (tertiary/aromatic N) is 3. The van der Waals surface area contributed by atoms with E-state index >= 15 is 0 Å². The summed E-state index contributed by atoms with van der Waals surface area (Å²) in [5.74, 6) is 0. The van der Waals surface area contributed by atoms with E-state index in [0.29, 0.717) is 11.3 Å². The zero-order valence-corrected chi connectivity index (χ0v) is 17.1. The van der Waals surface area contributed by atoms with Gasteiger partial charge in [-0.1, -0.05) is 60.7 Å². The van der Waals surface area contributed by atoms with Gasteiger partial charge >= 0.3 is 0 Å². The second-order valence-electron chi connectivity index (χ2n) is 6.70. The molecule has 0 aliphatic rings. The van der Waals surface area contributed by atoms with Crippen molar-refractivity contribution in [1.82, 2.24) is 4.72 Å². The van der Waals surface area contributed by atoms with Crippen molar-refractivity contribution in [3.63, 3.8) is 0 Å². The second-order valence-corrected chi connectivity index (χ2v) is 7.53. The molecule has 0 aromatic heterocycles. The standard InChI is InChI=1S/C25H16N3O2S/c26-17-21-15-20(18-7-3-1-4-8-18)16-24(19-9-5-2-6-10-19)25(21)27-31-23-13-11-22(12-14-23)28(29)30/h1-16H. The van der Waals surface area contributed by atoms with E-state index in [4.69, 9.17) is 0 Å². The zero-order valence-electron chi connectivity index (χ0n) is 16.3. The zero-order chi connectivity index (χ0) is 21.6. The van der Waals surface area contributed by atoms with Crippen LogP contribution >= 0.6 is 11.9 Å². The van der Waals surface area contributed by atoms with Gasteiger partial charge in [-0.15, -0.1) is 0 Å². The molecule has 4 aromatic carbocycles. The van der Waals surface area contributed by atoms with Crippen LogP contribution in [0.15, 0.2) is 102 Å². The Bertz CT molecular complexity index is 1250. The molecule has 0 unspecified atom stereocenters. The van der Waals surface area contributed by atoms with E-state index in [1.54, 1.807) is 12.1 Å². The maximum atomic E-state index is 10.9. The van der Waals surface area contributed by atoms with Crippen molar-refractivity contribution in [3.8, 4) is 28.3 Å². The normalized spacial score (nSPS) is 10.3. The lowest BCUT2D eigenvalue weighted by Gasteiger charge is -2.14. The third-order valence-electron chi connectivity index (χ3n) is 4.71. The van der Waals surface area contributed by atoms with Crippen molar-refractivity contribution in [2.75, 3.05) is 0 Å². The van der Waals surface area contributed by atoms with Gasteiger partial charge in [0.2, 0.25) is 0 Å². The van der Waals surface area contributed by atoms with Crippen molar-refractivity contribution in [2.24, 2.45) is 0 Å². The van der Waals surface area contributed by atoms with Gasteiger partial charge in [0, 0.05) is 34.5 Å². The summed E-state index contributed by atoms with van der Waals surface area (Å²) in [5.41, 5.74) is 4.85. The molecular weight excluding hydrogens is 406 g/mol. The van der Waals surface area contributed by atoms with Gasteiger partial charge < -0.3 is 0 Å². The molecule has 0 amide bonds. The van der Waals surface area contributed by atoms with Gasteiger partial charge in [0.05, 0.1) is 16.2 Å². The Morgan fingerprint density at radius 3 is 2.00 bits per heavy atom. The SMILES string of the molecule is N#Cc1cc(-c2ccccc2)cc(-c2ccccc2)c1[N]Sc1ccc([N+](=O)[O-])cc1. The van der Waals surface area contributed by atoms with Crippen LogP contribution in [0.2, 0.25) is 0 Å². The number of nitriles is 1. The van der Waals surface area contributed by atoms with Crippen LogP contribution in [-0.2, 0) is 0 Å². The first-order chi connectivity index (χ1) is 15.2. The molecule has 0 fully saturated rings. The Balaban J connectivity index is 1.75. The molecule has 0 bridgehead atoms. The third kappa shape index (κ3) is 4.58. The van der Waals surface area contributed by atoms with Crippen LogP contribution in [0.25, 0.3) is 22.3 Å². The van der Waals surface area contributed by atoms with Crippen LogP contribution in [-0.4, -0.2) is 4.92 Å². The molecule has 1 radical (unpaired) electrons. The number of rotatable bonds is 6. The minimum absolute atomic E-state index is 0.0271. The van der Waals surface area contributed by atoms with E-state index in [0.717, 1.165) is 27.1 Å². The molecular formula is C25H16N3O2S. The number of hydrogen-bond donors (Lipinski definition) is 0. The fraction of sp³-hybridized carbons (Fsp3) is 0. The molecule has 0 saturated carbocycles. The van der Waals surface area contributed by atoms with E-state index in [-0.39, 0.29) is 5.69 Å². The lowest BCUT2D eigenvalue weighted by atomic mass is 9.94. The van der Waals surface area contributed by atoms with Gasteiger partial charge in [0.25, 0.3) is 5.69 Å². The maximum absolute atomic E-state index is 10.9. The summed E-state index contributed by atoms with van der Waals surface area (Å²) in [6.07, 6.45) is 0. The van der Waals surface area contributed by atoms with E-state index in [1.807, 2.05) is 72.8 Å². The quantitative estimate of drug-likeness (QED) is 0.196. The molecule has 0 aliphatic carbocycles. The molecule has 5 nitrogen and oxygen atoms in total. The minimum atomic E-state index is -0.435. The van der Waals surface area contributed by atoms with Gasteiger partial charge in [0.15, 0.2) is 0 Å². The molecule has 4 aromatic rings. The van der Waals surface area contributed by atoms with Gasteiger partial charge in [-0.2, -0.15) is 5.26 Å². The molecule has 6 heteroatoms. The summed E-state index contributed by atoms with van der Waals surface area (Å²) in [6.45, 7) is 0. The van der Waals surface area contributed by atoms with Gasteiger partial charge in [-0.3, -0.25) is 10.1 Å². The van der Waals surface area contributed by atoms with Crippen molar-refractivity contribution in [2.45, 2.75) is 4.90 Å². The molecule has 0 N–H and O–H groups in total. The second kappa shape index (κ2) is 9.16. The Morgan fingerprint density at radius 2 is 1.42 bits per heavy atom. The van der Waals surface area contributed by atoms with Gasteiger partial charge in [0.1, 0.15) is 6.07 Å². The average Bonchev–Trinajstić information content (AvgIpc) is 2.83. The molecule has 0 atom stereocenters. The van der Waals surface area contributed by atoms with E-state index in [2.05, 4.69) is 10.8 Å². The molecule has 0 aliphatic heterocycles. The highest BCUT2D eigenvalue weighted by Crippen LogP contribution is 2.38. The predicted molar refractivity (Wildman–Crippen MR) is 123 cm³/mol. The fourth-order valence-corrected chi connectivity index (χ4v) is 3.83. The lowest BCUT2D eigenvalue weighted by Crippen LogP contribution is -1.96. The highest BCUT2D eigenvalue weighted by Gasteiger charge is 2.16. The smallest absolute Gasteiger partial charge is 0.258 e. The van der Waals surface area contributed by atoms with Crippen molar-refractivity contribution in [3.05, 3.63) is 113 Å². The summed E-state index contributed by atoms with van der Waals surface area (Å²) in [7, 11) is 0. The highest BCUT2D eigenvalue weighted by atomic mass is 32.2. The van der Waals surface area contributed by atoms with Crippen LogP contribution in [0.1, 0.15) is 5.56 Å². The average molecular weight is 422 g/mol. The van der Waals surface area contributed by atoms with Crippen LogP contribution in [0.3, 0.4) is 0 Å². The maximum Gasteiger partial charge on any atom is 0.269 e. The van der Waals surface area contributed by atoms with Crippen molar-refractivity contribution in [1.29, 1.82) is 5.26 Å². The van der Waals surface area contributed by atoms with Crippen LogP contribution in [0, 0.1) is 21.4 Å². The number of non-ortho nitro benzene ring substituents is 1. The molecule has 0 saturated heterocycles. The molecule has 0 spiro atoms. The number of benzene rings is 4. The molecule has 149 valence electrons. The predicted octanol–water partition coefficient (Wildman–Crippen LogP) is 6.74. The van der Waals surface area contributed by atoms with Crippen LogP contribution < -0.4 is 4.72 Å². The minimum Gasteiger partial charge on any atom is -0.258 e. The Labute approximate surface area is 184 Å². The van der Waals surface area contributed by atoms with Crippen molar-refractivity contribution >= 4 is 23.3 Å². The summed E-state index contributed by atoms with van der Waals surface area (Å²) in [6, 6.07) is 32.1. The first kappa shape index (κ1) is 20.2. The Hall–Kier alpha value is -4.08. The Morgan fingerprint density at radius 1 is 0.806 bits per heavy atom. The first-order valence-corrected chi connectivity index (χ1v) is 10.2. The van der Waals surface area contributed by atoms with E-state index < -0.39 is 4.92 Å². The number of nitro groups is 1. The number of hydrogen-bond acceptors (Lipinski definition) is 4. The fourth-order valence-electron chi connectivity index (χ4n) is 3.18. The molecule has 31 heavy (non-hydrogen) atoms. The number of nitro benzene ring substituents is 1. The largest absolute Gasteiger partial charge is 0.269 e. The van der Waals surface area contributed by atoms with E-state index in [9.17, 15) is 15.4 Å². The summed E-state index contributed by atoms with van der Waals surface area (Å²) >= 11 is 1.19. The monoisotopic (exact) mass is 422 g/mol. The van der Waals surface area contributed by atoms with Crippen LogP contribution in [0.5, 0.6) is 0 Å². The van der Waals surface area contributed by atoms with Gasteiger partial charge in [-0.25, -0.2) is 4.72 Å². The van der Waals surface area contributed by atoms with Crippen LogP contribution in [0.4, 0.5) is 11.4 Å². The highest BCUT2D eigenvalue weighted by molar-refractivity contribution is 7.97.